The Morgan fingerprint density at radius 1 is 1.04 bits per heavy atom. The second-order valence-corrected chi connectivity index (χ2v) is 8.98. The van der Waals surface area contributed by atoms with E-state index >= 15 is 0 Å². The van der Waals surface area contributed by atoms with Crippen LogP contribution in [0.1, 0.15) is 57.4 Å². The van der Waals surface area contributed by atoms with Gasteiger partial charge >= 0.3 is 0 Å². The van der Waals surface area contributed by atoms with E-state index in [2.05, 4.69) is 17.8 Å². The van der Waals surface area contributed by atoms with Crippen molar-refractivity contribution in [2.45, 2.75) is 58.3 Å². The van der Waals surface area contributed by atoms with Crippen LogP contribution in [0.15, 0.2) is 24.3 Å². The number of rotatable bonds is 6. The number of carbonyl (C=O) groups is 2. The Kier molecular flexibility index (Phi) is 5.11. The van der Waals surface area contributed by atoms with Crippen LogP contribution in [0, 0.1) is 23.2 Å². The third kappa shape index (κ3) is 4.28. The van der Waals surface area contributed by atoms with Gasteiger partial charge in [-0.15, -0.1) is 0 Å². The van der Waals surface area contributed by atoms with E-state index in [9.17, 15) is 9.59 Å². The van der Waals surface area contributed by atoms with Gasteiger partial charge in [-0.1, -0.05) is 19.1 Å². The van der Waals surface area contributed by atoms with E-state index in [0.717, 1.165) is 29.7 Å². The van der Waals surface area contributed by atoms with E-state index < -0.39 is 0 Å². The second kappa shape index (κ2) is 7.53. The van der Waals surface area contributed by atoms with Gasteiger partial charge in [0.1, 0.15) is 5.75 Å². The standard InChI is InChI=1S/C22H30N2O3/c1-2-15-4-3-5-19(9-15)27-14-21(26)24-23-20(25)13-22-10-16-6-17(11-22)8-18(7-16)12-22/h3-5,9,16-18H,2,6-8,10-14H2,1H3,(H,23,25)(H,24,26). The Bertz CT molecular complexity index is 680. The van der Waals surface area contributed by atoms with Crippen LogP contribution in [-0.4, -0.2) is 18.4 Å². The maximum Gasteiger partial charge on any atom is 0.276 e. The van der Waals surface area contributed by atoms with Gasteiger partial charge in [-0.05, 0) is 85.8 Å². The largest absolute Gasteiger partial charge is 0.484 e. The molecule has 4 saturated carbocycles. The summed E-state index contributed by atoms with van der Waals surface area (Å²) in [6.45, 7) is 1.97. The monoisotopic (exact) mass is 370 g/mol. The van der Waals surface area contributed by atoms with Gasteiger partial charge in [0.2, 0.25) is 5.91 Å². The van der Waals surface area contributed by atoms with Crippen molar-refractivity contribution < 1.29 is 14.3 Å². The Labute approximate surface area is 161 Å². The predicted molar refractivity (Wildman–Crippen MR) is 103 cm³/mol. The van der Waals surface area contributed by atoms with Crippen LogP contribution < -0.4 is 15.6 Å². The zero-order valence-electron chi connectivity index (χ0n) is 16.1. The molecule has 146 valence electrons. The maximum absolute atomic E-state index is 12.4. The highest BCUT2D eigenvalue weighted by Gasteiger charge is 2.51. The normalized spacial score (nSPS) is 30.8. The van der Waals surface area contributed by atoms with Gasteiger partial charge in [0.25, 0.3) is 5.91 Å². The van der Waals surface area contributed by atoms with E-state index in [1.807, 2.05) is 24.3 Å². The van der Waals surface area contributed by atoms with E-state index in [-0.39, 0.29) is 23.8 Å². The molecule has 4 aliphatic rings. The van der Waals surface area contributed by atoms with Crippen molar-refractivity contribution in [2.75, 3.05) is 6.61 Å². The first-order chi connectivity index (χ1) is 13.0. The minimum atomic E-state index is -0.337. The number of ether oxygens (including phenoxy) is 1. The lowest BCUT2D eigenvalue weighted by Crippen LogP contribution is -2.50. The minimum absolute atomic E-state index is 0.0710. The van der Waals surface area contributed by atoms with E-state index in [4.69, 9.17) is 4.74 Å². The highest BCUT2D eigenvalue weighted by atomic mass is 16.5. The molecule has 1 aromatic carbocycles. The fourth-order valence-electron chi connectivity index (χ4n) is 6.07. The number of aryl methyl sites for hydroxylation is 1. The van der Waals surface area contributed by atoms with Crippen LogP contribution in [0.5, 0.6) is 5.75 Å². The lowest BCUT2D eigenvalue weighted by molar-refractivity contribution is -0.134. The number of hydrogen-bond acceptors (Lipinski definition) is 3. The number of hydrogen-bond donors (Lipinski definition) is 2. The summed E-state index contributed by atoms with van der Waals surface area (Å²) in [5, 5.41) is 0. The molecule has 5 nitrogen and oxygen atoms in total. The lowest BCUT2D eigenvalue weighted by atomic mass is 9.49. The summed E-state index contributed by atoms with van der Waals surface area (Å²) in [5.74, 6) is 2.74. The lowest BCUT2D eigenvalue weighted by Gasteiger charge is -2.56. The second-order valence-electron chi connectivity index (χ2n) is 8.98. The molecule has 0 atom stereocenters. The molecule has 4 aliphatic carbocycles. The predicted octanol–water partition coefficient (Wildman–Crippen LogP) is 3.38. The molecule has 1 aromatic rings. The molecule has 0 aromatic heterocycles. The van der Waals surface area contributed by atoms with Crippen molar-refractivity contribution >= 4 is 11.8 Å². The Morgan fingerprint density at radius 3 is 2.30 bits per heavy atom. The summed E-state index contributed by atoms with van der Waals surface area (Å²) < 4.78 is 5.51. The van der Waals surface area contributed by atoms with Crippen LogP contribution >= 0.6 is 0 Å². The minimum Gasteiger partial charge on any atom is -0.484 e. The fraction of sp³-hybridized carbons (Fsp3) is 0.636. The molecule has 0 heterocycles. The van der Waals surface area contributed by atoms with Crippen molar-refractivity contribution in [1.82, 2.24) is 10.9 Å². The van der Waals surface area contributed by atoms with Gasteiger partial charge in [-0.3, -0.25) is 20.4 Å². The highest BCUT2D eigenvalue weighted by Crippen LogP contribution is 2.61. The van der Waals surface area contributed by atoms with Gasteiger partial charge in [0.15, 0.2) is 6.61 Å². The van der Waals surface area contributed by atoms with Crippen molar-refractivity contribution in [1.29, 1.82) is 0 Å². The summed E-state index contributed by atoms with van der Waals surface area (Å²) in [7, 11) is 0. The average molecular weight is 370 g/mol. The molecule has 5 rings (SSSR count). The maximum atomic E-state index is 12.4. The van der Waals surface area contributed by atoms with Crippen LogP contribution in [0.4, 0.5) is 0 Å². The average Bonchev–Trinajstić information content (AvgIpc) is 2.63. The van der Waals surface area contributed by atoms with Crippen LogP contribution in [0.25, 0.3) is 0 Å². The third-order valence-corrected chi connectivity index (χ3v) is 6.72. The summed E-state index contributed by atoms with van der Waals surface area (Å²) >= 11 is 0. The van der Waals surface area contributed by atoms with Gasteiger partial charge in [0.05, 0.1) is 0 Å². The van der Waals surface area contributed by atoms with Crippen molar-refractivity contribution in [3.63, 3.8) is 0 Å². The first-order valence-corrected chi connectivity index (χ1v) is 10.3. The van der Waals surface area contributed by atoms with Gasteiger partial charge < -0.3 is 4.74 Å². The van der Waals surface area contributed by atoms with E-state index in [1.165, 1.54) is 38.5 Å². The zero-order valence-corrected chi connectivity index (χ0v) is 16.1. The number of hydrazine groups is 1. The quantitative estimate of drug-likeness (QED) is 0.755. The molecule has 0 radical (unpaired) electrons. The molecule has 0 aliphatic heterocycles. The van der Waals surface area contributed by atoms with Crippen molar-refractivity contribution in [3.05, 3.63) is 29.8 Å². The Morgan fingerprint density at radius 2 is 1.67 bits per heavy atom. The summed E-state index contributed by atoms with van der Waals surface area (Å²) in [5.41, 5.74) is 6.44. The van der Waals surface area contributed by atoms with E-state index in [0.29, 0.717) is 12.2 Å². The summed E-state index contributed by atoms with van der Waals surface area (Å²) in [4.78, 5) is 24.4. The first-order valence-electron chi connectivity index (χ1n) is 10.3. The number of amides is 2. The Balaban J connectivity index is 1.22. The number of benzene rings is 1. The molecular formula is C22H30N2O3. The molecule has 0 saturated heterocycles. The van der Waals surface area contributed by atoms with Crippen molar-refractivity contribution in [3.8, 4) is 5.75 Å². The fourth-order valence-corrected chi connectivity index (χ4v) is 6.07. The van der Waals surface area contributed by atoms with Crippen LogP contribution in [-0.2, 0) is 16.0 Å². The molecule has 0 unspecified atom stereocenters. The summed E-state index contributed by atoms with van der Waals surface area (Å²) in [6, 6.07) is 7.70. The van der Waals surface area contributed by atoms with Crippen LogP contribution in [0.3, 0.4) is 0 Å². The third-order valence-electron chi connectivity index (χ3n) is 6.72. The van der Waals surface area contributed by atoms with Crippen molar-refractivity contribution in [2.24, 2.45) is 23.2 Å². The summed E-state index contributed by atoms with van der Waals surface area (Å²) in [6.07, 6.45) is 9.14. The molecule has 27 heavy (non-hydrogen) atoms. The number of carbonyl (C=O) groups excluding carboxylic acids is 2. The smallest absolute Gasteiger partial charge is 0.276 e. The molecule has 5 heteroatoms. The molecular weight excluding hydrogens is 340 g/mol. The molecule has 4 bridgehead atoms. The zero-order chi connectivity index (χ0) is 18.9. The first kappa shape index (κ1) is 18.3. The van der Waals surface area contributed by atoms with Gasteiger partial charge in [-0.25, -0.2) is 0 Å². The molecule has 4 fully saturated rings. The van der Waals surface area contributed by atoms with E-state index in [1.54, 1.807) is 0 Å². The molecule has 2 N–H and O–H groups in total. The Hall–Kier alpha value is -2.04. The SMILES string of the molecule is CCc1cccc(OCC(=O)NNC(=O)CC23CC4CC(CC(C4)C2)C3)c1. The van der Waals surface area contributed by atoms with Gasteiger partial charge in [-0.2, -0.15) is 0 Å². The molecule has 0 spiro atoms. The highest BCUT2D eigenvalue weighted by molar-refractivity contribution is 5.83. The van der Waals surface area contributed by atoms with Gasteiger partial charge in [0, 0.05) is 6.42 Å². The molecule has 2 amide bonds. The number of nitrogens with one attached hydrogen (secondary N) is 2. The topological polar surface area (TPSA) is 67.4 Å². The van der Waals surface area contributed by atoms with Crippen LogP contribution in [0.2, 0.25) is 0 Å².